The average Bonchev–Trinajstić information content (AvgIpc) is 2.39. The molecule has 0 aliphatic carbocycles. The molecule has 1 atom stereocenters. The molecule has 1 aromatic heterocycles. The normalized spacial score (nSPS) is 20.8. The molecule has 1 aliphatic rings. The molecule has 16 heavy (non-hydrogen) atoms. The van der Waals surface area contributed by atoms with Gasteiger partial charge >= 0.3 is 0 Å². The van der Waals surface area contributed by atoms with Gasteiger partial charge in [-0.15, -0.1) is 0 Å². The number of hydrogen-bond acceptors (Lipinski definition) is 4. The standard InChI is InChI=1S/C11H15N3O2/c15-8-11(16)14-6-2-1-3-10(14)9-7-12-4-5-13-9/h4-5,7,10,15H,1-3,6,8H2. The first kappa shape index (κ1) is 11.0. The van der Waals surface area contributed by atoms with E-state index >= 15 is 0 Å². The second-order valence-electron chi connectivity index (χ2n) is 3.89. The lowest BCUT2D eigenvalue weighted by molar-refractivity contribution is -0.138. The number of rotatable bonds is 2. The number of likely N-dealkylation sites (tertiary alicyclic amines) is 1. The third kappa shape index (κ3) is 2.19. The molecule has 1 aromatic rings. The van der Waals surface area contributed by atoms with E-state index in [1.54, 1.807) is 23.5 Å². The summed E-state index contributed by atoms with van der Waals surface area (Å²) in [6.45, 7) is 0.261. The van der Waals surface area contributed by atoms with Gasteiger partial charge in [0.05, 0.1) is 17.9 Å². The second kappa shape index (κ2) is 5.03. The van der Waals surface area contributed by atoms with E-state index in [1.165, 1.54) is 0 Å². The van der Waals surface area contributed by atoms with Gasteiger partial charge in [0, 0.05) is 18.9 Å². The van der Waals surface area contributed by atoms with Crippen LogP contribution in [0.1, 0.15) is 31.0 Å². The summed E-state index contributed by atoms with van der Waals surface area (Å²) in [4.78, 5) is 21.5. The minimum Gasteiger partial charge on any atom is -0.387 e. The second-order valence-corrected chi connectivity index (χ2v) is 3.89. The van der Waals surface area contributed by atoms with Gasteiger partial charge in [-0.2, -0.15) is 0 Å². The third-order valence-corrected chi connectivity index (χ3v) is 2.88. The molecular weight excluding hydrogens is 206 g/mol. The van der Waals surface area contributed by atoms with E-state index in [2.05, 4.69) is 9.97 Å². The number of aliphatic hydroxyl groups excluding tert-OH is 1. The number of hydrogen-bond donors (Lipinski definition) is 1. The molecular formula is C11H15N3O2. The van der Waals surface area contributed by atoms with Crippen LogP contribution in [-0.4, -0.2) is 39.0 Å². The zero-order valence-electron chi connectivity index (χ0n) is 9.04. The topological polar surface area (TPSA) is 66.3 Å². The molecule has 1 saturated heterocycles. The summed E-state index contributed by atoms with van der Waals surface area (Å²) in [5, 5.41) is 8.92. The Morgan fingerprint density at radius 1 is 1.50 bits per heavy atom. The van der Waals surface area contributed by atoms with E-state index in [1.807, 2.05) is 0 Å². The van der Waals surface area contributed by atoms with Crippen LogP contribution in [-0.2, 0) is 4.79 Å². The Morgan fingerprint density at radius 2 is 2.38 bits per heavy atom. The number of carbonyl (C=O) groups is 1. The molecule has 0 aromatic carbocycles. The maximum absolute atomic E-state index is 11.6. The molecule has 1 aliphatic heterocycles. The number of aromatic nitrogens is 2. The maximum atomic E-state index is 11.6. The first-order chi connectivity index (χ1) is 7.83. The Kier molecular flexibility index (Phi) is 3.46. The highest BCUT2D eigenvalue weighted by molar-refractivity contribution is 5.77. The Labute approximate surface area is 94.1 Å². The summed E-state index contributed by atoms with van der Waals surface area (Å²) >= 11 is 0. The number of aliphatic hydroxyl groups is 1. The summed E-state index contributed by atoms with van der Waals surface area (Å²) in [6.07, 6.45) is 7.90. The van der Waals surface area contributed by atoms with Crippen molar-refractivity contribution in [1.82, 2.24) is 14.9 Å². The molecule has 1 fully saturated rings. The van der Waals surface area contributed by atoms with Crippen molar-refractivity contribution in [3.05, 3.63) is 24.3 Å². The molecule has 2 rings (SSSR count). The van der Waals surface area contributed by atoms with Crippen molar-refractivity contribution < 1.29 is 9.90 Å². The highest BCUT2D eigenvalue weighted by Gasteiger charge is 2.28. The van der Waals surface area contributed by atoms with E-state index in [4.69, 9.17) is 5.11 Å². The molecule has 1 amide bonds. The van der Waals surface area contributed by atoms with E-state index in [0.717, 1.165) is 25.0 Å². The number of piperidine rings is 1. The van der Waals surface area contributed by atoms with Crippen molar-refractivity contribution in [1.29, 1.82) is 0 Å². The first-order valence-electron chi connectivity index (χ1n) is 5.49. The minimum atomic E-state index is -0.434. The fraction of sp³-hybridized carbons (Fsp3) is 0.545. The van der Waals surface area contributed by atoms with Crippen molar-refractivity contribution >= 4 is 5.91 Å². The number of nitrogens with zero attached hydrogens (tertiary/aromatic N) is 3. The van der Waals surface area contributed by atoms with Crippen molar-refractivity contribution in [2.75, 3.05) is 13.2 Å². The quantitative estimate of drug-likeness (QED) is 0.790. The maximum Gasteiger partial charge on any atom is 0.248 e. The Bertz CT molecular complexity index is 356. The number of amides is 1. The molecule has 0 saturated carbocycles. The SMILES string of the molecule is O=C(CO)N1CCCCC1c1cnccn1. The van der Waals surface area contributed by atoms with Crippen molar-refractivity contribution in [2.45, 2.75) is 25.3 Å². The van der Waals surface area contributed by atoms with E-state index in [0.29, 0.717) is 6.54 Å². The Morgan fingerprint density at radius 3 is 3.06 bits per heavy atom. The first-order valence-corrected chi connectivity index (χ1v) is 5.49. The van der Waals surface area contributed by atoms with Crippen LogP contribution in [0.15, 0.2) is 18.6 Å². The van der Waals surface area contributed by atoms with Gasteiger partial charge in [-0.1, -0.05) is 0 Å². The van der Waals surface area contributed by atoms with Gasteiger partial charge in [0.15, 0.2) is 0 Å². The van der Waals surface area contributed by atoms with Crippen LogP contribution >= 0.6 is 0 Å². The van der Waals surface area contributed by atoms with Gasteiger partial charge in [-0.05, 0) is 19.3 Å². The van der Waals surface area contributed by atoms with Crippen LogP contribution in [0.4, 0.5) is 0 Å². The highest BCUT2D eigenvalue weighted by atomic mass is 16.3. The fourth-order valence-electron chi connectivity index (χ4n) is 2.11. The summed E-state index contributed by atoms with van der Waals surface area (Å²) in [5.74, 6) is -0.227. The summed E-state index contributed by atoms with van der Waals surface area (Å²) in [6, 6.07) is -0.0258. The van der Waals surface area contributed by atoms with E-state index in [9.17, 15) is 4.79 Å². The lowest BCUT2D eigenvalue weighted by Crippen LogP contribution is -2.40. The minimum absolute atomic E-state index is 0.0258. The fourth-order valence-corrected chi connectivity index (χ4v) is 2.11. The van der Waals surface area contributed by atoms with E-state index < -0.39 is 6.61 Å². The van der Waals surface area contributed by atoms with Gasteiger partial charge in [0.25, 0.3) is 0 Å². The van der Waals surface area contributed by atoms with Crippen LogP contribution < -0.4 is 0 Å². The van der Waals surface area contributed by atoms with Crippen LogP contribution in [0.2, 0.25) is 0 Å². The van der Waals surface area contributed by atoms with E-state index in [-0.39, 0.29) is 11.9 Å². The van der Waals surface area contributed by atoms with Crippen LogP contribution in [0.5, 0.6) is 0 Å². The molecule has 0 bridgehead atoms. The molecule has 5 heteroatoms. The third-order valence-electron chi connectivity index (χ3n) is 2.88. The lowest BCUT2D eigenvalue weighted by Gasteiger charge is -2.34. The zero-order chi connectivity index (χ0) is 11.4. The Hall–Kier alpha value is -1.49. The lowest BCUT2D eigenvalue weighted by atomic mass is 9.99. The van der Waals surface area contributed by atoms with Gasteiger partial charge in [-0.3, -0.25) is 14.8 Å². The van der Waals surface area contributed by atoms with Crippen LogP contribution in [0, 0.1) is 0 Å². The molecule has 5 nitrogen and oxygen atoms in total. The predicted molar refractivity (Wildman–Crippen MR) is 57.4 cm³/mol. The largest absolute Gasteiger partial charge is 0.387 e. The predicted octanol–water partition coefficient (Wildman–Crippen LogP) is 0.522. The smallest absolute Gasteiger partial charge is 0.248 e. The summed E-state index contributed by atoms with van der Waals surface area (Å²) in [7, 11) is 0. The zero-order valence-corrected chi connectivity index (χ0v) is 9.04. The van der Waals surface area contributed by atoms with Gasteiger partial charge < -0.3 is 10.0 Å². The van der Waals surface area contributed by atoms with Crippen molar-refractivity contribution in [3.8, 4) is 0 Å². The van der Waals surface area contributed by atoms with Crippen molar-refractivity contribution in [2.24, 2.45) is 0 Å². The molecule has 1 N–H and O–H groups in total. The summed E-state index contributed by atoms with van der Waals surface area (Å²) in [5.41, 5.74) is 0.809. The molecule has 0 radical (unpaired) electrons. The molecule has 0 spiro atoms. The average molecular weight is 221 g/mol. The molecule has 2 heterocycles. The molecule has 86 valence electrons. The van der Waals surface area contributed by atoms with Gasteiger partial charge in [-0.25, -0.2) is 0 Å². The highest BCUT2D eigenvalue weighted by Crippen LogP contribution is 2.28. The van der Waals surface area contributed by atoms with Crippen molar-refractivity contribution in [3.63, 3.8) is 0 Å². The summed E-state index contributed by atoms with van der Waals surface area (Å²) < 4.78 is 0. The van der Waals surface area contributed by atoms with Gasteiger partial charge in [0.1, 0.15) is 6.61 Å². The monoisotopic (exact) mass is 221 g/mol. The molecule has 1 unspecified atom stereocenters. The van der Waals surface area contributed by atoms with Gasteiger partial charge in [0.2, 0.25) is 5.91 Å². The Balaban J connectivity index is 2.20. The van der Waals surface area contributed by atoms with Crippen LogP contribution in [0.25, 0.3) is 0 Å². The van der Waals surface area contributed by atoms with Crippen LogP contribution in [0.3, 0.4) is 0 Å². The number of carbonyl (C=O) groups excluding carboxylic acids is 1.